The van der Waals surface area contributed by atoms with Gasteiger partial charge in [0.15, 0.2) is 0 Å². The molecular formula is C16H18ClNO2S. The van der Waals surface area contributed by atoms with Crippen LogP contribution in [0.4, 0.5) is 0 Å². The summed E-state index contributed by atoms with van der Waals surface area (Å²) in [5, 5.41) is 16.7. The van der Waals surface area contributed by atoms with Crippen LogP contribution in [-0.2, 0) is 0 Å². The first kappa shape index (κ1) is 16.0. The number of halogens is 1. The highest BCUT2D eigenvalue weighted by Gasteiger charge is 2.12. The van der Waals surface area contributed by atoms with Gasteiger partial charge in [0.2, 0.25) is 0 Å². The van der Waals surface area contributed by atoms with Gasteiger partial charge in [-0.1, -0.05) is 17.7 Å². The van der Waals surface area contributed by atoms with Crippen molar-refractivity contribution < 1.29 is 9.90 Å². The first-order chi connectivity index (χ1) is 10.2. The monoisotopic (exact) mass is 323 g/mol. The lowest BCUT2D eigenvalue weighted by atomic mass is 9.95. The van der Waals surface area contributed by atoms with E-state index >= 15 is 0 Å². The van der Waals surface area contributed by atoms with E-state index < -0.39 is 0 Å². The van der Waals surface area contributed by atoms with Gasteiger partial charge in [0.1, 0.15) is 0 Å². The second-order valence-corrected chi connectivity index (χ2v) is 6.04. The first-order valence-electron chi connectivity index (χ1n) is 6.87. The molecule has 0 fully saturated rings. The highest BCUT2D eigenvalue weighted by atomic mass is 35.5. The highest BCUT2D eigenvalue weighted by Crippen LogP contribution is 2.24. The van der Waals surface area contributed by atoms with Gasteiger partial charge >= 0.3 is 0 Å². The van der Waals surface area contributed by atoms with Gasteiger partial charge in [-0.2, -0.15) is 11.3 Å². The molecule has 2 rings (SSSR count). The second-order valence-electron chi connectivity index (χ2n) is 4.82. The first-order valence-corrected chi connectivity index (χ1v) is 8.19. The van der Waals surface area contributed by atoms with E-state index in [1.54, 1.807) is 35.6 Å². The molecule has 0 saturated heterocycles. The molecule has 0 bridgehead atoms. The molecule has 112 valence electrons. The molecule has 1 aromatic heterocycles. The molecule has 2 aromatic rings. The molecule has 1 amide bonds. The van der Waals surface area contributed by atoms with Gasteiger partial charge in [-0.3, -0.25) is 4.79 Å². The Balaban J connectivity index is 1.86. The summed E-state index contributed by atoms with van der Waals surface area (Å²) >= 11 is 7.52. The molecule has 5 heteroatoms. The van der Waals surface area contributed by atoms with Crippen molar-refractivity contribution in [3.05, 3.63) is 57.2 Å². The van der Waals surface area contributed by atoms with Crippen molar-refractivity contribution in [2.75, 3.05) is 13.2 Å². The summed E-state index contributed by atoms with van der Waals surface area (Å²) < 4.78 is 0. The predicted molar refractivity (Wildman–Crippen MR) is 87.2 cm³/mol. The molecule has 0 radical (unpaired) electrons. The van der Waals surface area contributed by atoms with Gasteiger partial charge in [-0.05, 0) is 59.3 Å². The van der Waals surface area contributed by atoms with Crippen LogP contribution in [0.5, 0.6) is 0 Å². The Morgan fingerprint density at radius 2 is 2.19 bits per heavy atom. The molecule has 0 aliphatic carbocycles. The minimum atomic E-state index is -0.120. The third-order valence-electron chi connectivity index (χ3n) is 3.36. The maximum absolute atomic E-state index is 12.0. The molecular weight excluding hydrogens is 306 g/mol. The summed E-state index contributed by atoms with van der Waals surface area (Å²) in [6.07, 6.45) is 1.52. The van der Waals surface area contributed by atoms with Gasteiger partial charge in [-0.25, -0.2) is 0 Å². The number of aliphatic hydroxyl groups is 1. The van der Waals surface area contributed by atoms with Crippen LogP contribution in [0, 0.1) is 0 Å². The summed E-state index contributed by atoms with van der Waals surface area (Å²) in [4.78, 5) is 12.0. The van der Waals surface area contributed by atoms with Gasteiger partial charge in [0.05, 0.1) is 0 Å². The fourth-order valence-corrected chi connectivity index (χ4v) is 3.17. The van der Waals surface area contributed by atoms with Crippen molar-refractivity contribution in [3.63, 3.8) is 0 Å². The van der Waals surface area contributed by atoms with Crippen LogP contribution in [0.3, 0.4) is 0 Å². The Morgan fingerprint density at radius 1 is 1.33 bits per heavy atom. The molecule has 1 aromatic carbocycles. The van der Waals surface area contributed by atoms with Crippen molar-refractivity contribution in [1.29, 1.82) is 0 Å². The summed E-state index contributed by atoms with van der Waals surface area (Å²) in [5.74, 6) is 0.159. The number of carbonyl (C=O) groups is 1. The van der Waals surface area contributed by atoms with E-state index in [2.05, 4.69) is 16.8 Å². The molecule has 3 nitrogen and oxygen atoms in total. The largest absolute Gasteiger partial charge is 0.396 e. The number of thiophene rings is 1. The topological polar surface area (TPSA) is 49.3 Å². The van der Waals surface area contributed by atoms with E-state index in [1.807, 2.05) is 5.38 Å². The summed E-state index contributed by atoms with van der Waals surface area (Å²) in [6.45, 7) is 0.731. The van der Waals surface area contributed by atoms with Crippen LogP contribution in [0.15, 0.2) is 41.1 Å². The van der Waals surface area contributed by atoms with Gasteiger partial charge in [-0.15, -0.1) is 0 Å². The number of amides is 1. The third kappa shape index (κ3) is 4.84. The van der Waals surface area contributed by atoms with Crippen molar-refractivity contribution in [3.8, 4) is 0 Å². The summed E-state index contributed by atoms with van der Waals surface area (Å²) in [5.41, 5.74) is 1.79. The lowest BCUT2D eigenvalue weighted by Gasteiger charge is -2.15. The fraction of sp³-hybridized carbons (Fsp3) is 0.312. The number of hydrogen-bond acceptors (Lipinski definition) is 3. The molecule has 0 spiro atoms. The molecule has 2 N–H and O–H groups in total. The van der Waals surface area contributed by atoms with Crippen LogP contribution in [0.25, 0.3) is 0 Å². The average molecular weight is 324 g/mol. The SMILES string of the molecule is O=C(NCC[C@@H](CCO)c1ccsc1)c1cccc(Cl)c1. The van der Waals surface area contributed by atoms with E-state index in [0.29, 0.717) is 23.6 Å². The highest BCUT2D eigenvalue weighted by molar-refractivity contribution is 7.07. The molecule has 1 heterocycles. The Kier molecular flexibility index (Phi) is 6.23. The maximum Gasteiger partial charge on any atom is 0.251 e. The maximum atomic E-state index is 12.0. The van der Waals surface area contributed by atoms with E-state index in [0.717, 1.165) is 6.42 Å². The predicted octanol–water partition coefficient (Wildman–Crippen LogP) is 3.69. The molecule has 0 saturated carbocycles. The van der Waals surface area contributed by atoms with Crippen molar-refractivity contribution in [1.82, 2.24) is 5.32 Å². The lowest BCUT2D eigenvalue weighted by molar-refractivity contribution is 0.0952. The van der Waals surface area contributed by atoms with Gasteiger partial charge in [0, 0.05) is 23.7 Å². The minimum absolute atomic E-state index is 0.120. The summed E-state index contributed by atoms with van der Waals surface area (Å²) in [6, 6.07) is 8.97. The van der Waals surface area contributed by atoms with Crippen molar-refractivity contribution >= 4 is 28.8 Å². The quantitative estimate of drug-likeness (QED) is 0.816. The van der Waals surface area contributed by atoms with Crippen molar-refractivity contribution in [2.24, 2.45) is 0 Å². The van der Waals surface area contributed by atoms with Crippen LogP contribution in [-0.4, -0.2) is 24.2 Å². The fourth-order valence-electron chi connectivity index (χ4n) is 2.23. The zero-order chi connectivity index (χ0) is 15.1. The zero-order valence-electron chi connectivity index (χ0n) is 11.6. The van der Waals surface area contributed by atoms with Crippen LogP contribution in [0.2, 0.25) is 5.02 Å². The smallest absolute Gasteiger partial charge is 0.251 e. The minimum Gasteiger partial charge on any atom is -0.396 e. The molecule has 0 unspecified atom stereocenters. The Morgan fingerprint density at radius 3 is 2.86 bits per heavy atom. The van der Waals surface area contributed by atoms with E-state index in [-0.39, 0.29) is 18.4 Å². The molecule has 1 atom stereocenters. The Labute approximate surface area is 133 Å². The third-order valence-corrected chi connectivity index (χ3v) is 4.29. The zero-order valence-corrected chi connectivity index (χ0v) is 13.2. The number of rotatable bonds is 7. The number of hydrogen-bond donors (Lipinski definition) is 2. The summed E-state index contributed by atoms with van der Waals surface area (Å²) in [7, 11) is 0. The van der Waals surface area contributed by atoms with Crippen LogP contribution >= 0.6 is 22.9 Å². The number of aliphatic hydroxyl groups excluding tert-OH is 1. The Bertz CT molecular complexity index is 571. The van der Waals surface area contributed by atoms with Crippen molar-refractivity contribution in [2.45, 2.75) is 18.8 Å². The standard InChI is InChI=1S/C16H18ClNO2S/c17-15-3-1-2-13(10-15)16(20)18-7-4-12(5-8-19)14-6-9-21-11-14/h1-3,6,9-12,19H,4-5,7-8H2,(H,18,20)/t12-/m0/s1. The van der Waals surface area contributed by atoms with Gasteiger partial charge < -0.3 is 10.4 Å². The molecule has 21 heavy (non-hydrogen) atoms. The van der Waals surface area contributed by atoms with Gasteiger partial charge in [0.25, 0.3) is 5.91 Å². The normalized spacial score (nSPS) is 12.1. The van der Waals surface area contributed by atoms with E-state index in [1.165, 1.54) is 5.56 Å². The number of benzene rings is 1. The number of carbonyl (C=O) groups excluding carboxylic acids is 1. The van der Waals surface area contributed by atoms with E-state index in [9.17, 15) is 4.79 Å². The average Bonchev–Trinajstić information content (AvgIpc) is 3.00. The van der Waals surface area contributed by atoms with E-state index in [4.69, 9.17) is 16.7 Å². The lowest BCUT2D eigenvalue weighted by Crippen LogP contribution is -2.25. The van der Waals surface area contributed by atoms with Crippen LogP contribution in [0.1, 0.15) is 34.7 Å². The second kappa shape index (κ2) is 8.17. The van der Waals surface area contributed by atoms with Crippen LogP contribution < -0.4 is 5.32 Å². The molecule has 0 aliphatic rings. The molecule has 0 aliphatic heterocycles. The Hall–Kier alpha value is -1.36. The number of nitrogens with one attached hydrogen (secondary N) is 1.